The van der Waals surface area contributed by atoms with Gasteiger partial charge >= 0.3 is 0 Å². The third kappa shape index (κ3) is 1.74. The molecular formula is C16H10FN3O. The maximum absolute atomic E-state index is 13.3. The molecule has 0 aliphatic rings. The summed E-state index contributed by atoms with van der Waals surface area (Å²) < 4.78 is 16.5. The Balaban J connectivity index is 2.07. The van der Waals surface area contributed by atoms with Crippen LogP contribution in [0.25, 0.3) is 22.4 Å². The molecule has 0 aliphatic heterocycles. The largest absolute Gasteiger partial charge is 0.298 e. The number of nitrogens with zero attached hydrogens (tertiary/aromatic N) is 3. The summed E-state index contributed by atoms with van der Waals surface area (Å²) in [7, 11) is 0. The fraction of sp³-hybridized carbons (Fsp3) is 0. The number of hydrogen-bond donors (Lipinski definition) is 0. The van der Waals surface area contributed by atoms with Crippen molar-refractivity contribution in [1.82, 2.24) is 14.0 Å². The summed E-state index contributed by atoms with van der Waals surface area (Å²) in [5, 5.41) is 0. The van der Waals surface area contributed by atoms with E-state index in [9.17, 15) is 9.18 Å². The van der Waals surface area contributed by atoms with Crippen molar-refractivity contribution in [2.75, 3.05) is 0 Å². The van der Waals surface area contributed by atoms with Gasteiger partial charge in [-0.05, 0) is 30.3 Å². The molecule has 2 aromatic carbocycles. The minimum atomic E-state index is -0.382. The number of halogens is 1. The van der Waals surface area contributed by atoms with Gasteiger partial charge in [0.2, 0.25) is 5.65 Å². The van der Waals surface area contributed by atoms with Crippen LogP contribution in [0.4, 0.5) is 4.39 Å². The predicted octanol–water partition coefficient (Wildman–Crippen LogP) is 2.78. The maximum Gasteiger partial charge on any atom is 0.298 e. The zero-order chi connectivity index (χ0) is 14.4. The van der Waals surface area contributed by atoms with E-state index in [0.717, 1.165) is 11.0 Å². The van der Waals surface area contributed by atoms with Gasteiger partial charge in [0, 0.05) is 12.4 Å². The lowest BCUT2D eigenvalue weighted by atomic mass is 10.3. The van der Waals surface area contributed by atoms with Crippen LogP contribution >= 0.6 is 0 Å². The molecule has 5 heteroatoms. The smallest absolute Gasteiger partial charge is 0.294 e. The van der Waals surface area contributed by atoms with Crippen LogP contribution in [0.3, 0.4) is 0 Å². The highest BCUT2D eigenvalue weighted by atomic mass is 19.1. The number of imidazole rings is 1. The summed E-state index contributed by atoms with van der Waals surface area (Å²) in [4.78, 5) is 16.9. The molecule has 0 saturated heterocycles. The first-order valence-corrected chi connectivity index (χ1v) is 6.48. The van der Waals surface area contributed by atoms with Crippen LogP contribution in [0.15, 0.2) is 65.7 Å². The molecule has 0 N–H and O–H groups in total. The Morgan fingerprint density at radius 1 is 1.00 bits per heavy atom. The molecule has 4 aromatic rings. The molecule has 0 atom stereocenters. The molecule has 0 aliphatic carbocycles. The number of aromatic nitrogens is 3. The van der Waals surface area contributed by atoms with E-state index in [-0.39, 0.29) is 11.4 Å². The average molecular weight is 279 g/mol. The molecule has 21 heavy (non-hydrogen) atoms. The van der Waals surface area contributed by atoms with Gasteiger partial charge in [0.15, 0.2) is 0 Å². The van der Waals surface area contributed by atoms with E-state index < -0.39 is 0 Å². The van der Waals surface area contributed by atoms with Crippen molar-refractivity contribution in [3.05, 3.63) is 77.1 Å². The molecule has 0 unspecified atom stereocenters. The van der Waals surface area contributed by atoms with Crippen LogP contribution in [-0.4, -0.2) is 14.0 Å². The van der Waals surface area contributed by atoms with Crippen molar-refractivity contribution >= 4 is 16.7 Å². The van der Waals surface area contributed by atoms with E-state index in [0.29, 0.717) is 11.3 Å². The second kappa shape index (κ2) is 4.28. The van der Waals surface area contributed by atoms with Gasteiger partial charge in [0.25, 0.3) is 5.56 Å². The summed E-state index contributed by atoms with van der Waals surface area (Å²) in [5.74, 6) is -0.382. The Labute approximate surface area is 118 Å². The zero-order valence-corrected chi connectivity index (χ0v) is 10.9. The van der Waals surface area contributed by atoms with Crippen molar-refractivity contribution in [1.29, 1.82) is 0 Å². The minimum absolute atomic E-state index is 0.278. The molecule has 0 fully saturated rings. The Hall–Kier alpha value is -2.95. The molecule has 4 rings (SSSR count). The molecular weight excluding hydrogens is 269 g/mol. The molecule has 0 spiro atoms. The van der Waals surface area contributed by atoms with Crippen molar-refractivity contribution in [2.45, 2.75) is 0 Å². The molecule has 0 radical (unpaired) electrons. The summed E-state index contributed by atoms with van der Waals surface area (Å²) in [6, 6.07) is 13.5. The van der Waals surface area contributed by atoms with Crippen LogP contribution in [-0.2, 0) is 0 Å². The van der Waals surface area contributed by atoms with Gasteiger partial charge in [0.1, 0.15) is 5.82 Å². The second-order valence-corrected chi connectivity index (χ2v) is 4.75. The molecule has 0 bridgehead atoms. The Bertz CT molecular complexity index is 1030. The number of para-hydroxylation sites is 2. The second-order valence-electron chi connectivity index (χ2n) is 4.75. The molecule has 0 amide bonds. The number of rotatable bonds is 1. The van der Waals surface area contributed by atoms with Gasteiger partial charge in [-0.2, -0.15) is 0 Å². The molecule has 2 aromatic heterocycles. The monoisotopic (exact) mass is 279 g/mol. The van der Waals surface area contributed by atoms with Gasteiger partial charge in [-0.1, -0.05) is 18.2 Å². The highest BCUT2D eigenvalue weighted by Crippen LogP contribution is 2.15. The van der Waals surface area contributed by atoms with Crippen molar-refractivity contribution in [2.24, 2.45) is 0 Å². The Morgan fingerprint density at radius 2 is 1.86 bits per heavy atom. The first-order chi connectivity index (χ1) is 10.2. The van der Waals surface area contributed by atoms with Crippen LogP contribution in [0.2, 0.25) is 0 Å². The first-order valence-electron chi connectivity index (χ1n) is 6.48. The molecule has 4 nitrogen and oxygen atoms in total. The summed E-state index contributed by atoms with van der Waals surface area (Å²) in [5.41, 5.74) is 2.15. The van der Waals surface area contributed by atoms with Gasteiger partial charge < -0.3 is 0 Å². The van der Waals surface area contributed by atoms with E-state index in [1.165, 1.54) is 16.7 Å². The lowest BCUT2D eigenvalue weighted by Crippen LogP contribution is -2.20. The third-order valence-electron chi connectivity index (χ3n) is 3.46. The van der Waals surface area contributed by atoms with Gasteiger partial charge in [0.05, 0.1) is 16.7 Å². The first kappa shape index (κ1) is 11.8. The Kier molecular flexibility index (Phi) is 2.41. The number of benzene rings is 2. The summed E-state index contributed by atoms with van der Waals surface area (Å²) in [6.07, 6.45) is 3.38. The fourth-order valence-corrected chi connectivity index (χ4v) is 2.48. The SMILES string of the molecule is O=c1c2nc3ccccc3n2ccn1-c1cccc(F)c1. The Morgan fingerprint density at radius 3 is 2.71 bits per heavy atom. The van der Waals surface area contributed by atoms with E-state index >= 15 is 0 Å². The van der Waals surface area contributed by atoms with Crippen molar-refractivity contribution in [3.63, 3.8) is 0 Å². The lowest BCUT2D eigenvalue weighted by Gasteiger charge is -2.06. The number of fused-ring (bicyclic) bond motifs is 3. The van der Waals surface area contributed by atoms with Crippen molar-refractivity contribution in [3.8, 4) is 5.69 Å². The van der Waals surface area contributed by atoms with E-state index in [4.69, 9.17) is 0 Å². The van der Waals surface area contributed by atoms with Gasteiger partial charge in [-0.3, -0.25) is 13.8 Å². The summed E-state index contributed by atoms with van der Waals surface area (Å²) in [6.45, 7) is 0. The third-order valence-corrected chi connectivity index (χ3v) is 3.46. The maximum atomic E-state index is 13.3. The van der Waals surface area contributed by atoms with Crippen LogP contribution < -0.4 is 5.56 Å². The molecule has 0 saturated carbocycles. The average Bonchev–Trinajstić information content (AvgIpc) is 2.87. The highest BCUT2D eigenvalue weighted by Gasteiger charge is 2.10. The lowest BCUT2D eigenvalue weighted by molar-refractivity contribution is 0.626. The predicted molar refractivity (Wildman–Crippen MR) is 78.3 cm³/mol. The fourth-order valence-electron chi connectivity index (χ4n) is 2.48. The van der Waals surface area contributed by atoms with Crippen LogP contribution in [0.5, 0.6) is 0 Å². The standard InChI is InChI=1S/C16H10FN3O/c17-11-4-3-5-12(10-11)19-8-9-20-14-7-2-1-6-13(14)18-15(20)16(19)21/h1-10H. The summed E-state index contributed by atoms with van der Waals surface area (Å²) >= 11 is 0. The minimum Gasteiger partial charge on any atom is -0.294 e. The van der Waals surface area contributed by atoms with Crippen molar-refractivity contribution < 1.29 is 4.39 Å². The van der Waals surface area contributed by atoms with E-state index in [2.05, 4.69) is 4.98 Å². The van der Waals surface area contributed by atoms with E-state index in [1.807, 2.05) is 24.3 Å². The van der Waals surface area contributed by atoms with Gasteiger partial charge in [-0.25, -0.2) is 9.37 Å². The van der Waals surface area contributed by atoms with Crippen LogP contribution in [0, 0.1) is 5.82 Å². The number of hydrogen-bond acceptors (Lipinski definition) is 2. The zero-order valence-electron chi connectivity index (χ0n) is 10.9. The molecule has 102 valence electrons. The quantitative estimate of drug-likeness (QED) is 0.537. The normalized spacial score (nSPS) is 11.3. The topological polar surface area (TPSA) is 39.3 Å². The van der Waals surface area contributed by atoms with Crippen LogP contribution in [0.1, 0.15) is 0 Å². The highest BCUT2D eigenvalue weighted by molar-refractivity contribution is 5.80. The van der Waals surface area contributed by atoms with Gasteiger partial charge in [-0.15, -0.1) is 0 Å². The molecule has 2 heterocycles. The van der Waals surface area contributed by atoms with E-state index in [1.54, 1.807) is 28.9 Å².